The molecule has 2 atom stereocenters. The standard InChI is InChI=1S/C10H26N2O3Si/c1-6-10(11)12-9(2)7-8-16(13-3,14-4)15-5/h9-10,12H,6-8,11H2,1-5H3. The van der Waals surface area contributed by atoms with Gasteiger partial charge in [-0.2, -0.15) is 0 Å². The highest BCUT2D eigenvalue weighted by Crippen LogP contribution is 2.16. The van der Waals surface area contributed by atoms with Crippen LogP contribution in [0.1, 0.15) is 26.7 Å². The molecule has 0 amide bonds. The van der Waals surface area contributed by atoms with Crippen LogP contribution in [0, 0.1) is 0 Å². The Hall–Kier alpha value is 0.0169. The van der Waals surface area contributed by atoms with Crippen molar-refractivity contribution in [2.75, 3.05) is 21.3 Å². The summed E-state index contributed by atoms with van der Waals surface area (Å²) in [5, 5.41) is 3.31. The van der Waals surface area contributed by atoms with Gasteiger partial charge in [-0.15, -0.1) is 0 Å². The third-order valence-electron chi connectivity index (χ3n) is 2.75. The van der Waals surface area contributed by atoms with Crippen molar-refractivity contribution in [3.8, 4) is 0 Å². The topological polar surface area (TPSA) is 65.7 Å². The number of nitrogens with two attached hydrogens (primary N) is 1. The summed E-state index contributed by atoms with van der Waals surface area (Å²) in [6, 6.07) is 1.13. The Bertz CT molecular complexity index is 171. The van der Waals surface area contributed by atoms with Crippen LogP contribution in [0.15, 0.2) is 0 Å². The van der Waals surface area contributed by atoms with Crippen LogP contribution in [0.5, 0.6) is 0 Å². The molecule has 0 rings (SSSR count). The van der Waals surface area contributed by atoms with Crippen LogP contribution >= 0.6 is 0 Å². The molecule has 3 N–H and O–H groups in total. The van der Waals surface area contributed by atoms with Crippen LogP contribution in [-0.2, 0) is 13.3 Å². The van der Waals surface area contributed by atoms with Gasteiger partial charge in [0.1, 0.15) is 0 Å². The van der Waals surface area contributed by atoms with Gasteiger partial charge >= 0.3 is 8.80 Å². The van der Waals surface area contributed by atoms with E-state index in [0.29, 0.717) is 6.04 Å². The summed E-state index contributed by atoms with van der Waals surface area (Å²) in [5.74, 6) is 0. The summed E-state index contributed by atoms with van der Waals surface area (Å²) in [6.07, 6.45) is 1.90. The SMILES string of the molecule is CCC(N)NC(C)CC[Si](OC)(OC)OC. The van der Waals surface area contributed by atoms with Crippen molar-refractivity contribution >= 4 is 8.80 Å². The fourth-order valence-corrected chi connectivity index (χ4v) is 3.42. The molecule has 0 radical (unpaired) electrons. The predicted octanol–water partition coefficient (Wildman–Crippen LogP) is 0.928. The van der Waals surface area contributed by atoms with Crippen molar-refractivity contribution in [1.82, 2.24) is 5.32 Å². The number of rotatable bonds is 9. The van der Waals surface area contributed by atoms with Crippen LogP contribution in [-0.4, -0.2) is 42.3 Å². The second-order valence-electron chi connectivity index (χ2n) is 3.92. The minimum atomic E-state index is -2.42. The summed E-state index contributed by atoms with van der Waals surface area (Å²) in [5.41, 5.74) is 5.82. The van der Waals surface area contributed by atoms with Crippen molar-refractivity contribution in [2.45, 2.75) is 44.9 Å². The zero-order valence-electron chi connectivity index (χ0n) is 11.1. The van der Waals surface area contributed by atoms with Gasteiger partial charge in [0.05, 0.1) is 6.17 Å². The second-order valence-corrected chi connectivity index (χ2v) is 7.01. The summed E-state index contributed by atoms with van der Waals surface area (Å²) >= 11 is 0. The Morgan fingerprint density at radius 2 is 1.69 bits per heavy atom. The van der Waals surface area contributed by atoms with E-state index in [1.54, 1.807) is 21.3 Å². The molecule has 0 aliphatic carbocycles. The minimum Gasteiger partial charge on any atom is -0.377 e. The highest BCUT2D eigenvalue weighted by Gasteiger charge is 2.37. The van der Waals surface area contributed by atoms with Crippen LogP contribution < -0.4 is 11.1 Å². The van der Waals surface area contributed by atoms with E-state index >= 15 is 0 Å². The normalized spacial score (nSPS) is 16.1. The smallest absolute Gasteiger partial charge is 0.377 e. The highest BCUT2D eigenvalue weighted by atomic mass is 28.4. The van der Waals surface area contributed by atoms with Crippen LogP contribution in [0.25, 0.3) is 0 Å². The molecule has 0 aromatic carbocycles. The van der Waals surface area contributed by atoms with E-state index in [1.165, 1.54) is 0 Å². The quantitative estimate of drug-likeness (QED) is 0.471. The molecule has 6 heteroatoms. The van der Waals surface area contributed by atoms with Crippen LogP contribution in [0.3, 0.4) is 0 Å². The first-order chi connectivity index (χ1) is 7.53. The van der Waals surface area contributed by atoms with E-state index in [4.69, 9.17) is 19.0 Å². The van der Waals surface area contributed by atoms with Gasteiger partial charge in [-0.3, -0.25) is 5.32 Å². The van der Waals surface area contributed by atoms with Gasteiger partial charge in [-0.1, -0.05) is 6.92 Å². The lowest BCUT2D eigenvalue weighted by Gasteiger charge is -2.26. The second kappa shape index (κ2) is 8.16. The van der Waals surface area contributed by atoms with Crippen LogP contribution in [0.2, 0.25) is 6.04 Å². The molecule has 0 aromatic rings. The average Bonchev–Trinajstić information content (AvgIpc) is 2.31. The van der Waals surface area contributed by atoms with E-state index in [-0.39, 0.29) is 6.17 Å². The van der Waals surface area contributed by atoms with Gasteiger partial charge in [-0.05, 0) is 19.8 Å². The molecular weight excluding hydrogens is 224 g/mol. The molecule has 0 aliphatic rings. The van der Waals surface area contributed by atoms with Gasteiger partial charge in [0, 0.05) is 33.4 Å². The Labute approximate surface area is 100 Å². The number of nitrogens with one attached hydrogen (secondary N) is 1. The molecule has 0 bridgehead atoms. The van der Waals surface area contributed by atoms with Gasteiger partial charge in [0.15, 0.2) is 0 Å². The highest BCUT2D eigenvalue weighted by molar-refractivity contribution is 6.60. The maximum absolute atomic E-state index is 5.82. The average molecular weight is 250 g/mol. The predicted molar refractivity (Wildman–Crippen MR) is 67.1 cm³/mol. The van der Waals surface area contributed by atoms with Crippen molar-refractivity contribution in [2.24, 2.45) is 5.73 Å². The largest absolute Gasteiger partial charge is 0.500 e. The molecule has 0 heterocycles. The molecule has 0 fully saturated rings. The van der Waals surface area contributed by atoms with Gasteiger partial charge in [0.25, 0.3) is 0 Å². The Morgan fingerprint density at radius 1 is 1.19 bits per heavy atom. The maximum atomic E-state index is 5.82. The Morgan fingerprint density at radius 3 is 2.06 bits per heavy atom. The third kappa shape index (κ3) is 5.38. The molecule has 0 saturated heterocycles. The fourth-order valence-electron chi connectivity index (χ4n) is 1.52. The molecule has 0 spiro atoms. The molecule has 2 unspecified atom stereocenters. The summed E-state index contributed by atoms with van der Waals surface area (Å²) in [7, 11) is 2.48. The van der Waals surface area contributed by atoms with E-state index in [0.717, 1.165) is 18.9 Å². The molecule has 0 saturated carbocycles. The molecule has 98 valence electrons. The Balaban J connectivity index is 4.01. The molecule has 5 nitrogen and oxygen atoms in total. The van der Waals surface area contributed by atoms with Crippen molar-refractivity contribution < 1.29 is 13.3 Å². The summed E-state index contributed by atoms with van der Waals surface area (Å²) in [4.78, 5) is 0. The van der Waals surface area contributed by atoms with Gasteiger partial charge in [0.2, 0.25) is 0 Å². The number of hydrogen-bond donors (Lipinski definition) is 2. The van der Waals surface area contributed by atoms with E-state index < -0.39 is 8.80 Å². The van der Waals surface area contributed by atoms with Gasteiger partial charge in [-0.25, -0.2) is 0 Å². The van der Waals surface area contributed by atoms with E-state index in [2.05, 4.69) is 19.2 Å². The van der Waals surface area contributed by atoms with E-state index in [1.807, 2.05) is 0 Å². The third-order valence-corrected chi connectivity index (χ3v) is 5.52. The van der Waals surface area contributed by atoms with E-state index in [9.17, 15) is 0 Å². The first-order valence-corrected chi connectivity index (χ1v) is 7.63. The summed E-state index contributed by atoms with van der Waals surface area (Å²) in [6.45, 7) is 4.17. The lowest BCUT2D eigenvalue weighted by atomic mass is 10.2. The lowest BCUT2D eigenvalue weighted by Crippen LogP contribution is -2.46. The zero-order chi connectivity index (χ0) is 12.6. The monoisotopic (exact) mass is 250 g/mol. The molecule has 0 aliphatic heterocycles. The zero-order valence-corrected chi connectivity index (χ0v) is 12.1. The van der Waals surface area contributed by atoms with Crippen molar-refractivity contribution in [3.63, 3.8) is 0 Å². The van der Waals surface area contributed by atoms with Crippen molar-refractivity contribution in [1.29, 1.82) is 0 Å². The maximum Gasteiger partial charge on any atom is 0.500 e. The van der Waals surface area contributed by atoms with Gasteiger partial charge < -0.3 is 19.0 Å². The first kappa shape index (κ1) is 16.0. The Kier molecular flexibility index (Phi) is 8.17. The number of hydrogen-bond acceptors (Lipinski definition) is 5. The van der Waals surface area contributed by atoms with Crippen LogP contribution in [0.4, 0.5) is 0 Å². The first-order valence-electron chi connectivity index (χ1n) is 5.70. The fraction of sp³-hybridized carbons (Fsp3) is 1.00. The molecule has 0 aromatic heterocycles. The van der Waals surface area contributed by atoms with Crippen molar-refractivity contribution in [3.05, 3.63) is 0 Å². The molecular formula is C10H26N2O3Si. The molecule has 16 heavy (non-hydrogen) atoms. The lowest BCUT2D eigenvalue weighted by molar-refractivity contribution is 0.122. The summed E-state index contributed by atoms with van der Waals surface area (Å²) < 4.78 is 16.1. The minimum absolute atomic E-state index is 0.0544.